The number of thioether (sulfide) groups is 1. The smallest absolute Gasteiger partial charge is 0.223 e. The van der Waals surface area contributed by atoms with Gasteiger partial charge in [0, 0.05) is 0 Å². The highest BCUT2D eigenvalue weighted by molar-refractivity contribution is 7.98. The predicted octanol–water partition coefficient (Wildman–Crippen LogP) is 1.82. The van der Waals surface area contributed by atoms with Gasteiger partial charge in [-0.15, -0.1) is 0 Å². The molecule has 6 nitrogen and oxygen atoms in total. The highest BCUT2D eigenvalue weighted by Crippen LogP contribution is 2.27. The lowest BCUT2D eigenvalue weighted by Gasteiger charge is -2.01. The maximum atomic E-state index is 5.63. The summed E-state index contributed by atoms with van der Waals surface area (Å²) in [6.07, 6.45) is 3.34. The Hall–Kier alpha value is -2.02. The fourth-order valence-electron chi connectivity index (χ4n) is 1.47. The summed E-state index contributed by atoms with van der Waals surface area (Å²) < 4.78 is 5.26. The second-order valence-corrected chi connectivity index (χ2v) is 4.35. The van der Waals surface area contributed by atoms with Crippen molar-refractivity contribution in [2.45, 2.75) is 10.8 Å². The first-order chi connectivity index (χ1) is 8.33. The number of hydrogen-bond acceptors (Lipinski definition) is 6. The second kappa shape index (κ2) is 4.10. The number of nitrogens with one attached hydrogen (secondary N) is 1. The summed E-state index contributed by atoms with van der Waals surface area (Å²) >= 11 is 1.54. The van der Waals surface area contributed by atoms with E-state index in [-0.39, 0.29) is 5.95 Å². The second-order valence-electron chi connectivity index (χ2n) is 3.39. The molecule has 0 bridgehead atoms. The molecule has 0 amide bonds. The van der Waals surface area contributed by atoms with E-state index in [4.69, 9.17) is 10.2 Å². The zero-order chi connectivity index (χ0) is 11.7. The Morgan fingerprint density at radius 2 is 2.35 bits per heavy atom. The largest absolute Gasteiger partial charge is 0.468 e. The average Bonchev–Trinajstić information content (AvgIpc) is 2.95. The number of nitrogens with two attached hydrogens (primary N) is 1. The van der Waals surface area contributed by atoms with Gasteiger partial charge in [-0.1, -0.05) is 11.8 Å². The third-order valence-corrected chi connectivity index (χ3v) is 3.24. The van der Waals surface area contributed by atoms with E-state index in [9.17, 15) is 0 Å². The lowest BCUT2D eigenvalue weighted by molar-refractivity contribution is 0.530. The van der Waals surface area contributed by atoms with Crippen LogP contribution in [0.2, 0.25) is 0 Å². The summed E-state index contributed by atoms with van der Waals surface area (Å²) in [4.78, 5) is 8.25. The Kier molecular flexibility index (Phi) is 2.45. The number of anilines is 1. The van der Waals surface area contributed by atoms with Gasteiger partial charge in [0.2, 0.25) is 5.95 Å². The highest BCUT2D eigenvalue weighted by Gasteiger charge is 2.09. The van der Waals surface area contributed by atoms with E-state index in [0.29, 0.717) is 11.4 Å². The monoisotopic (exact) mass is 247 g/mol. The summed E-state index contributed by atoms with van der Waals surface area (Å²) in [5.41, 5.74) is 6.28. The Balaban J connectivity index is 1.91. The predicted molar refractivity (Wildman–Crippen MR) is 64.4 cm³/mol. The number of hydrogen-bond donors (Lipinski definition) is 2. The van der Waals surface area contributed by atoms with Gasteiger partial charge >= 0.3 is 0 Å². The van der Waals surface area contributed by atoms with Crippen molar-refractivity contribution in [3.8, 4) is 0 Å². The number of fused-ring (bicyclic) bond motifs is 1. The maximum absolute atomic E-state index is 5.63. The third kappa shape index (κ3) is 1.96. The Morgan fingerprint density at radius 1 is 1.41 bits per heavy atom. The van der Waals surface area contributed by atoms with Gasteiger partial charge in [0.1, 0.15) is 10.8 Å². The van der Waals surface area contributed by atoms with Crippen molar-refractivity contribution in [3.05, 3.63) is 30.4 Å². The topological polar surface area (TPSA) is 93.6 Å². The minimum Gasteiger partial charge on any atom is -0.468 e. The van der Waals surface area contributed by atoms with E-state index in [1.165, 1.54) is 0 Å². The van der Waals surface area contributed by atoms with Crippen molar-refractivity contribution in [1.29, 1.82) is 0 Å². The first-order valence-corrected chi connectivity index (χ1v) is 5.93. The fourth-order valence-corrected chi connectivity index (χ4v) is 2.38. The molecule has 0 saturated heterocycles. The van der Waals surface area contributed by atoms with Crippen LogP contribution >= 0.6 is 11.8 Å². The van der Waals surface area contributed by atoms with Crippen molar-refractivity contribution in [1.82, 2.24) is 20.2 Å². The van der Waals surface area contributed by atoms with Gasteiger partial charge in [0.15, 0.2) is 5.65 Å². The van der Waals surface area contributed by atoms with Crippen LogP contribution in [0.4, 0.5) is 5.95 Å². The van der Waals surface area contributed by atoms with E-state index < -0.39 is 0 Å². The molecule has 0 aromatic carbocycles. The lowest BCUT2D eigenvalue weighted by Crippen LogP contribution is -1.96. The van der Waals surface area contributed by atoms with E-state index in [1.807, 2.05) is 12.1 Å². The number of H-pyrrole nitrogens is 1. The molecule has 3 heterocycles. The molecule has 3 aromatic heterocycles. The Morgan fingerprint density at radius 3 is 3.18 bits per heavy atom. The quantitative estimate of drug-likeness (QED) is 0.541. The van der Waals surface area contributed by atoms with Crippen LogP contribution in [-0.4, -0.2) is 20.2 Å². The van der Waals surface area contributed by atoms with Crippen LogP contribution in [0.1, 0.15) is 5.76 Å². The number of nitrogens with zero attached hydrogens (tertiary/aromatic N) is 3. The SMILES string of the molecule is Nc1nc(SCc2ccco2)c2cn[nH]c2n1. The Labute approximate surface area is 101 Å². The van der Waals surface area contributed by atoms with Crippen molar-refractivity contribution in [3.63, 3.8) is 0 Å². The zero-order valence-corrected chi connectivity index (χ0v) is 9.57. The normalized spacial score (nSPS) is 11.1. The molecular weight excluding hydrogens is 238 g/mol. The number of rotatable bonds is 3. The summed E-state index contributed by atoms with van der Waals surface area (Å²) in [5.74, 6) is 1.83. The van der Waals surface area contributed by atoms with Crippen molar-refractivity contribution in [2.75, 3.05) is 5.73 Å². The number of aromatic amines is 1. The first kappa shape index (κ1) is 10.2. The number of nitrogen functional groups attached to an aromatic ring is 1. The molecule has 0 saturated carbocycles. The third-order valence-electron chi connectivity index (χ3n) is 2.22. The Bertz CT molecular complexity index is 633. The summed E-state index contributed by atoms with van der Waals surface area (Å²) in [6, 6.07) is 3.78. The molecule has 0 atom stereocenters. The minimum absolute atomic E-state index is 0.240. The highest BCUT2D eigenvalue weighted by atomic mass is 32.2. The molecule has 0 spiro atoms. The van der Waals surface area contributed by atoms with Crippen LogP contribution < -0.4 is 5.73 Å². The molecule has 0 radical (unpaired) electrons. The van der Waals surface area contributed by atoms with Gasteiger partial charge < -0.3 is 10.2 Å². The number of aromatic nitrogens is 4. The van der Waals surface area contributed by atoms with Crippen LogP contribution in [-0.2, 0) is 5.75 Å². The standard InChI is InChI=1S/C10H9N5OS/c11-10-13-8-7(4-12-15-8)9(14-10)17-5-6-2-1-3-16-6/h1-4H,5H2,(H3,11,12,13,14,15). The molecule has 0 aliphatic heterocycles. The average molecular weight is 247 g/mol. The van der Waals surface area contributed by atoms with Crippen LogP contribution in [0.3, 0.4) is 0 Å². The molecule has 3 aromatic rings. The molecule has 86 valence electrons. The summed E-state index contributed by atoms with van der Waals surface area (Å²) in [7, 11) is 0. The van der Waals surface area contributed by atoms with Crippen LogP contribution in [0.15, 0.2) is 34.0 Å². The molecule has 3 N–H and O–H groups in total. The molecule has 0 aliphatic carbocycles. The molecule has 17 heavy (non-hydrogen) atoms. The van der Waals surface area contributed by atoms with Crippen LogP contribution in [0.5, 0.6) is 0 Å². The molecular formula is C10H9N5OS. The van der Waals surface area contributed by atoms with E-state index >= 15 is 0 Å². The maximum Gasteiger partial charge on any atom is 0.223 e. The van der Waals surface area contributed by atoms with Crippen molar-refractivity contribution < 1.29 is 4.42 Å². The van der Waals surface area contributed by atoms with Gasteiger partial charge in [-0.2, -0.15) is 10.1 Å². The van der Waals surface area contributed by atoms with Crippen LogP contribution in [0.25, 0.3) is 11.0 Å². The van der Waals surface area contributed by atoms with Crippen LogP contribution in [0, 0.1) is 0 Å². The molecule has 0 unspecified atom stereocenters. The molecule has 3 rings (SSSR count). The van der Waals surface area contributed by atoms with Gasteiger partial charge in [-0.25, -0.2) is 4.98 Å². The van der Waals surface area contributed by atoms with Gasteiger partial charge in [-0.05, 0) is 12.1 Å². The summed E-state index contributed by atoms with van der Waals surface area (Å²) in [6.45, 7) is 0. The fraction of sp³-hybridized carbons (Fsp3) is 0.100. The molecule has 0 fully saturated rings. The van der Waals surface area contributed by atoms with E-state index in [0.717, 1.165) is 16.2 Å². The zero-order valence-electron chi connectivity index (χ0n) is 8.75. The van der Waals surface area contributed by atoms with Gasteiger partial charge in [-0.3, -0.25) is 5.10 Å². The first-order valence-electron chi connectivity index (χ1n) is 4.95. The minimum atomic E-state index is 0.240. The molecule has 7 heteroatoms. The molecule has 0 aliphatic rings. The van der Waals surface area contributed by atoms with Crippen molar-refractivity contribution in [2.24, 2.45) is 0 Å². The van der Waals surface area contributed by atoms with Gasteiger partial charge in [0.05, 0.1) is 23.6 Å². The van der Waals surface area contributed by atoms with E-state index in [1.54, 1.807) is 24.2 Å². The number of furan rings is 1. The van der Waals surface area contributed by atoms with Crippen molar-refractivity contribution >= 4 is 28.7 Å². The van der Waals surface area contributed by atoms with Gasteiger partial charge in [0.25, 0.3) is 0 Å². The lowest BCUT2D eigenvalue weighted by atomic mass is 10.4. The van der Waals surface area contributed by atoms with E-state index in [2.05, 4.69) is 20.2 Å². The summed E-state index contributed by atoms with van der Waals surface area (Å²) in [5, 5.41) is 8.38.